The molecule has 1 aliphatic heterocycles. The van der Waals surface area contributed by atoms with E-state index < -0.39 is 15.7 Å². The van der Waals surface area contributed by atoms with Gasteiger partial charge in [0.15, 0.2) is 11.6 Å². The van der Waals surface area contributed by atoms with Crippen LogP contribution < -0.4 is 21.5 Å². The normalized spacial score (nSPS) is 20.4. The molecular weight excluding hydrogens is 316 g/mol. The molecule has 9 heteroatoms. The first-order valence-electron chi connectivity index (χ1n) is 7.48. The highest BCUT2D eigenvalue weighted by molar-refractivity contribution is 7.89. The Morgan fingerprint density at radius 1 is 1.09 bits per heavy atom. The maximum absolute atomic E-state index is 11.3. The van der Waals surface area contributed by atoms with Crippen molar-refractivity contribution in [3.05, 3.63) is 24.3 Å². The summed E-state index contributed by atoms with van der Waals surface area (Å²) >= 11 is 0. The van der Waals surface area contributed by atoms with Gasteiger partial charge in [0.1, 0.15) is 0 Å². The molecule has 6 N–H and O–H groups in total. The predicted octanol–water partition coefficient (Wildman–Crippen LogP) is 0.680. The average molecular weight is 336 g/mol. The van der Waals surface area contributed by atoms with Gasteiger partial charge in [-0.1, -0.05) is 6.42 Å². The zero-order valence-electron chi connectivity index (χ0n) is 12.6. The van der Waals surface area contributed by atoms with Crippen molar-refractivity contribution in [2.24, 2.45) is 20.9 Å². The van der Waals surface area contributed by atoms with Crippen LogP contribution in [-0.4, -0.2) is 26.0 Å². The molecule has 0 radical (unpaired) electrons. The molecule has 0 bridgehead atoms. The first kappa shape index (κ1) is 15.8. The summed E-state index contributed by atoms with van der Waals surface area (Å²) in [5.41, 5.74) is 6.10. The summed E-state index contributed by atoms with van der Waals surface area (Å²) < 4.78 is 22.5. The maximum atomic E-state index is 11.3. The molecule has 0 unspecified atom stereocenters. The van der Waals surface area contributed by atoms with Crippen molar-refractivity contribution in [3.8, 4) is 0 Å². The van der Waals surface area contributed by atoms with Crippen LogP contribution in [0.2, 0.25) is 0 Å². The van der Waals surface area contributed by atoms with E-state index in [9.17, 15) is 8.42 Å². The van der Waals surface area contributed by atoms with Crippen LogP contribution >= 0.6 is 0 Å². The third-order valence-corrected chi connectivity index (χ3v) is 4.92. The number of nitrogens with zero attached hydrogens (tertiary/aromatic N) is 2. The Kier molecular flexibility index (Phi) is 3.99. The van der Waals surface area contributed by atoms with Gasteiger partial charge in [-0.05, 0) is 49.9 Å². The number of aliphatic imine (C=N–C) groups is 2. The van der Waals surface area contributed by atoms with Crippen LogP contribution in [0.3, 0.4) is 0 Å². The molecule has 8 nitrogen and oxygen atoms in total. The van der Waals surface area contributed by atoms with E-state index in [1.54, 1.807) is 12.1 Å². The number of hydrogen-bond donors (Lipinski definition) is 4. The van der Waals surface area contributed by atoms with Crippen molar-refractivity contribution in [1.29, 1.82) is 0 Å². The van der Waals surface area contributed by atoms with Crippen LogP contribution in [0.25, 0.3) is 0 Å². The Balaban J connectivity index is 1.79. The predicted molar refractivity (Wildman–Crippen MR) is 89.4 cm³/mol. The lowest BCUT2D eigenvalue weighted by Gasteiger charge is -2.34. The highest BCUT2D eigenvalue weighted by Crippen LogP contribution is 2.34. The van der Waals surface area contributed by atoms with Gasteiger partial charge in [0.2, 0.25) is 16.0 Å². The summed E-state index contributed by atoms with van der Waals surface area (Å²) in [7, 11) is -3.70. The third kappa shape index (κ3) is 3.62. The second-order valence-corrected chi connectivity index (χ2v) is 7.38. The second kappa shape index (κ2) is 5.82. The van der Waals surface area contributed by atoms with Gasteiger partial charge < -0.3 is 11.1 Å². The van der Waals surface area contributed by atoms with Crippen molar-refractivity contribution in [1.82, 2.24) is 5.32 Å². The summed E-state index contributed by atoms with van der Waals surface area (Å²) in [5.74, 6) is 0.855. The molecule has 0 atom stereocenters. The number of nitrogens with two attached hydrogens (primary N) is 2. The number of guanidine groups is 2. The molecule has 23 heavy (non-hydrogen) atoms. The Morgan fingerprint density at radius 2 is 1.74 bits per heavy atom. The molecular formula is C14H20N6O2S. The minimum absolute atomic E-state index is 0.0615. The zero-order valence-corrected chi connectivity index (χ0v) is 13.4. The molecule has 0 saturated heterocycles. The van der Waals surface area contributed by atoms with Crippen LogP contribution in [0.4, 0.5) is 5.69 Å². The molecule has 1 saturated carbocycles. The highest BCUT2D eigenvalue weighted by Gasteiger charge is 2.34. The Hall–Kier alpha value is -2.13. The summed E-state index contributed by atoms with van der Waals surface area (Å²) in [5, 5.41) is 11.1. The lowest BCUT2D eigenvalue weighted by molar-refractivity contribution is 0.307. The van der Waals surface area contributed by atoms with Crippen molar-refractivity contribution in [2.45, 2.75) is 42.7 Å². The van der Waals surface area contributed by atoms with Crippen LogP contribution in [0, 0.1) is 0 Å². The molecule has 2 aliphatic rings. The molecule has 1 aromatic rings. The number of nitrogens with one attached hydrogen (secondary N) is 2. The zero-order chi connectivity index (χ0) is 16.5. The van der Waals surface area contributed by atoms with E-state index in [0.29, 0.717) is 17.6 Å². The smallest absolute Gasteiger partial charge is 0.238 e. The fraction of sp³-hybridized carbons (Fsp3) is 0.429. The van der Waals surface area contributed by atoms with Crippen LogP contribution in [0.15, 0.2) is 39.1 Å². The number of benzene rings is 1. The molecule has 0 aromatic heterocycles. The summed E-state index contributed by atoms with van der Waals surface area (Å²) in [6, 6.07) is 6.13. The second-order valence-electron chi connectivity index (χ2n) is 5.82. The molecule has 1 spiro atoms. The van der Waals surface area contributed by atoms with Crippen molar-refractivity contribution >= 4 is 27.6 Å². The fourth-order valence-corrected chi connectivity index (χ4v) is 3.42. The van der Waals surface area contributed by atoms with Gasteiger partial charge in [-0.15, -0.1) is 0 Å². The lowest BCUT2D eigenvalue weighted by atomic mass is 9.90. The van der Waals surface area contributed by atoms with E-state index in [0.717, 1.165) is 25.7 Å². The number of sulfonamides is 1. The van der Waals surface area contributed by atoms with Crippen molar-refractivity contribution in [3.63, 3.8) is 0 Å². The molecule has 0 amide bonds. The molecule has 1 fully saturated rings. The van der Waals surface area contributed by atoms with Crippen LogP contribution in [0.5, 0.6) is 0 Å². The molecule has 3 rings (SSSR count). The monoisotopic (exact) mass is 336 g/mol. The van der Waals surface area contributed by atoms with E-state index >= 15 is 0 Å². The van der Waals surface area contributed by atoms with Gasteiger partial charge in [-0.25, -0.2) is 23.5 Å². The topological polar surface area (TPSA) is 135 Å². The third-order valence-electron chi connectivity index (χ3n) is 3.99. The average Bonchev–Trinajstić information content (AvgIpc) is 2.46. The Morgan fingerprint density at radius 3 is 2.35 bits per heavy atom. The first-order valence-corrected chi connectivity index (χ1v) is 9.03. The van der Waals surface area contributed by atoms with E-state index in [2.05, 4.69) is 20.6 Å². The van der Waals surface area contributed by atoms with Gasteiger partial charge in [-0.3, -0.25) is 5.32 Å². The van der Waals surface area contributed by atoms with Crippen LogP contribution in [0.1, 0.15) is 32.1 Å². The first-order chi connectivity index (χ1) is 10.9. The van der Waals surface area contributed by atoms with E-state index in [-0.39, 0.29) is 4.90 Å². The van der Waals surface area contributed by atoms with Crippen LogP contribution in [-0.2, 0) is 10.0 Å². The Labute approximate surface area is 135 Å². The standard InChI is InChI=1S/C14H20N6O2S/c15-12-18-13(20-14(19-12)8-2-1-3-9-14)17-10-4-6-11(7-5-10)23(16,21)22/h4-7H,1-3,8-9H2,(H2,16,21,22)(H4,15,17,18,19,20). The van der Waals surface area contributed by atoms with E-state index in [1.807, 2.05) is 0 Å². The minimum Gasteiger partial charge on any atom is -0.370 e. The van der Waals surface area contributed by atoms with Crippen molar-refractivity contribution in [2.75, 3.05) is 5.32 Å². The van der Waals surface area contributed by atoms with Crippen molar-refractivity contribution < 1.29 is 8.42 Å². The lowest BCUT2D eigenvalue weighted by Crippen LogP contribution is -2.49. The number of anilines is 1. The number of hydrogen-bond acceptors (Lipinski definition) is 7. The summed E-state index contributed by atoms with van der Waals surface area (Å²) in [4.78, 5) is 9.21. The van der Waals surface area contributed by atoms with E-state index in [4.69, 9.17) is 10.9 Å². The van der Waals surface area contributed by atoms with Gasteiger partial charge in [-0.2, -0.15) is 0 Å². The highest BCUT2D eigenvalue weighted by atomic mass is 32.2. The van der Waals surface area contributed by atoms with Gasteiger partial charge in [0.05, 0.1) is 4.90 Å². The number of primary sulfonamides is 1. The van der Waals surface area contributed by atoms with Gasteiger partial charge in [0, 0.05) is 5.69 Å². The molecule has 1 heterocycles. The Bertz CT molecular complexity index is 748. The van der Waals surface area contributed by atoms with Gasteiger partial charge >= 0.3 is 0 Å². The SMILES string of the molecule is NC1=NC2(CCCCC2)N=C(Nc2ccc(S(N)(=O)=O)cc2)N1. The van der Waals surface area contributed by atoms with Gasteiger partial charge in [0.25, 0.3) is 0 Å². The van der Waals surface area contributed by atoms with E-state index in [1.165, 1.54) is 18.6 Å². The largest absolute Gasteiger partial charge is 0.370 e. The molecule has 124 valence electrons. The number of rotatable bonds is 2. The molecule has 1 aromatic carbocycles. The summed E-state index contributed by atoms with van der Waals surface area (Å²) in [6.07, 6.45) is 5.11. The quantitative estimate of drug-likeness (QED) is 0.630. The maximum Gasteiger partial charge on any atom is 0.238 e. The fourth-order valence-electron chi connectivity index (χ4n) is 2.90. The minimum atomic E-state index is -3.70. The molecule has 1 aliphatic carbocycles. The summed E-state index contributed by atoms with van der Waals surface area (Å²) in [6.45, 7) is 0.